The molecule has 10 nitrogen and oxygen atoms in total. The summed E-state index contributed by atoms with van der Waals surface area (Å²) in [4.78, 5) is 33.0. The van der Waals surface area contributed by atoms with Crippen LogP contribution in [-0.2, 0) is 39.2 Å². The van der Waals surface area contributed by atoms with Crippen molar-refractivity contribution >= 4 is 23.0 Å². The van der Waals surface area contributed by atoms with Gasteiger partial charge in [0, 0.05) is 50.6 Å². The van der Waals surface area contributed by atoms with Gasteiger partial charge in [0.2, 0.25) is 6.79 Å². The molecule has 2 atom stereocenters. The summed E-state index contributed by atoms with van der Waals surface area (Å²) in [7, 11) is 1.86. The standard InChI is InChI=1S/C37H47N5O5/c1-10-28-21-42(20-27-18-38-16-15-31(27)47-28)19-26-17-25(12-11-23(26)2)32(29-13-14-30-33(24(29)3)39-40-41(30)9)37(7,8)35(44)46-22-45-34(43)36(4,5)6/h11-18,28,32H,10,19-22H2,1-9H3. The maximum absolute atomic E-state index is 13.9. The Balaban J connectivity index is 1.52. The first-order valence-electron chi connectivity index (χ1n) is 16.2. The third-order valence-electron chi connectivity index (χ3n) is 9.19. The molecule has 1 aliphatic rings. The molecule has 3 heterocycles. The second-order valence-corrected chi connectivity index (χ2v) is 14.2. The minimum atomic E-state index is -1.05. The van der Waals surface area contributed by atoms with E-state index in [0.29, 0.717) is 6.54 Å². The molecule has 2 aromatic carbocycles. The van der Waals surface area contributed by atoms with Crippen LogP contribution < -0.4 is 4.74 Å². The van der Waals surface area contributed by atoms with Gasteiger partial charge in [0.25, 0.3) is 0 Å². The van der Waals surface area contributed by atoms with E-state index in [1.54, 1.807) is 31.6 Å². The number of hydrogen-bond acceptors (Lipinski definition) is 9. The number of pyridine rings is 1. The lowest BCUT2D eigenvalue weighted by Crippen LogP contribution is -2.36. The number of esters is 2. The van der Waals surface area contributed by atoms with Crippen LogP contribution in [-0.4, -0.2) is 56.3 Å². The first kappa shape index (κ1) is 34.0. The zero-order chi connectivity index (χ0) is 34.1. The fourth-order valence-electron chi connectivity index (χ4n) is 6.28. The van der Waals surface area contributed by atoms with E-state index < -0.39 is 35.5 Å². The summed E-state index contributed by atoms with van der Waals surface area (Å²) in [5, 5.41) is 8.68. The fourth-order valence-corrected chi connectivity index (χ4v) is 6.28. The molecule has 0 spiro atoms. The van der Waals surface area contributed by atoms with Crippen LogP contribution in [0.1, 0.15) is 87.3 Å². The van der Waals surface area contributed by atoms with Gasteiger partial charge in [-0.3, -0.25) is 19.5 Å². The van der Waals surface area contributed by atoms with Crippen molar-refractivity contribution in [1.29, 1.82) is 0 Å². The third kappa shape index (κ3) is 7.17. The highest BCUT2D eigenvalue weighted by Crippen LogP contribution is 2.45. The van der Waals surface area contributed by atoms with Crippen LogP contribution in [0, 0.1) is 24.7 Å². The average molecular weight is 642 g/mol. The van der Waals surface area contributed by atoms with Crippen molar-refractivity contribution in [2.75, 3.05) is 13.3 Å². The van der Waals surface area contributed by atoms with Gasteiger partial charge in [-0.1, -0.05) is 36.4 Å². The van der Waals surface area contributed by atoms with Gasteiger partial charge >= 0.3 is 11.9 Å². The predicted molar refractivity (Wildman–Crippen MR) is 180 cm³/mol. The molecule has 2 aromatic heterocycles. The molecular weight excluding hydrogens is 594 g/mol. The van der Waals surface area contributed by atoms with Gasteiger partial charge in [0.1, 0.15) is 17.4 Å². The first-order chi connectivity index (χ1) is 22.2. The lowest BCUT2D eigenvalue weighted by molar-refractivity contribution is -0.178. The molecule has 5 rings (SSSR count). The van der Waals surface area contributed by atoms with Crippen molar-refractivity contribution in [3.8, 4) is 5.75 Å². The van der Waals surface area contributed by atoms with Crippen LogP contribution in [0.4, 0.5) is 0 Å². The maximum Gasteiger partial charge on any atom is 0.315 e. The molecule has 2 unspecified atom stereocenters. The molecule has 0 amide bonds. The number of carbonyl (C=O) groups excluding carboxylic acids is 2. The summed E-state index contributed by atoms with van der Waals surface area (Å²) < 4.78 is 19.0. The van der Waals surface area contributed by atoms with Crippen molar-refractivity contribution in [2.24, 2.45) is 17.9 Å². The van der Waals surface area contributed by atoms with Crippen molar-refractivity contribution in [3.63, 3.8) is 0 Å². The Kier molecular flexibility index (Phi) is 9.73. The Morgan fingerprint density at radius 2 is 1.79 bits per heavy atom. The Morgan fingerprint density at radius 3 is 2.51 bits per heavy atom. The molecule has 0 saturated heterocycles. The van der Waals surface area contributed by atoms with E-state index in [1.165, 1.54) is 0 Å². The second kappa shape index (κ2) is 13.4. The third-order valence-corrected chi connectivity index (χ3v) is 9.19. The lowest BCUT2D eigenvalue weighted by Gasteiger charge is -2.34. The quantitative estimate of drug-likeness (QED) is 0.151. The van der Waals surface area contributed by atoms with Crippen molar-refractivity contribution < 1.29 is 23.8 Å². The zero-order valence-corrected chi connectivity index (χ0v) is 29.1. The fraction of sp³-hybridized carbons (Fsp3) is 0.486. The van der Waals surface area contributed by atoms with Gasteiger partial charge in [-0.25, -0.2) is 4.68 Å². The maximum atomic E-state index is 13.9. The molecule has 1 aliphatic heterocycles. The summed E-state index contributed by atoms with van der Waals surface area (Å²) in [5.74, 6) is -0.415. The highest BCUT2D eigenvalue weighted by molar-refractivity contribution is 5.82. The Bertz CT molecular complexity index is 1770. The Labute approximate surface area is 277 Å². The monoisotopic (exact) mass is 641 g/mol. The number of hydrogen-bond donors (Lipinski definition) is 0. The summed E-state index contributed by atoms with van der Waals surface area (Å²) in [6, 6.07) is 12.4. The van der Waals surface area contributed by atoms with Crippen LogP contribution in [0.3, 0.4) is 0 Å². The smallest absolute Gasteiger partial charge is 0.315 e. The van der Waals surface area contributed by atoms with Gasteiger partial charge in [0.05, 0.1) is 16.3 Å². The molecule has 0 saturated carbocycles. The molecule has 10 heteroatoms. The SMILES string of the molecule is CCC1CN(Cc2cc(C(c3ccc4c(nnn4C)c3C)C(C)(C)C(=O)OCOC(=O)C(C)(C)C)ccc2C)Cc2cnccc2O1. The summed E-state index contributed by atoms with van der Waals surface area (Å²) in [6.45, 7) is 17.1. The highest BCUT2D eigenvalue weighted by atomic mass is 16.7. The van der Waals surface area contributed by atoms with E-state index in [-0.39, 0.29) is 6.10 Å². The Morgan fingerprint density at radius 1 is 1.04 bits per heavy atom. The second-order valence-electron chi connectivity index (χ2n) is 14.2. The minimum Gasteiger partial charge on any atom is -0.489 e. The molecule has 0 radical (unpaired) electrons. The number of aromatic nitrogens is 4. The largest absolute Gasteiger partial charge is 0.489 e. The number of benzene rings is 2. The van der Waals surface area contributed by atoms with Gasteiger partial charge in [-0.05, 0) is 94.8 Å². The Hall–Kier alpha value is -4.31. The summed E-state index contributed by atoms with van der Waals surface area (Å²) in [6.07, 6.45) is 4.62. The summed E-state index contributed by atoms with van der Waals surface area (Å²) in [5.41, 5.74) is 6.21. The molecule has 47 heavy (non-hydrogen) atoms. The van der Waals surface area contributed by atoms with E-state index in [0.717, 1.165) is 69.7 Å². The van der Waals surface area contributed by atoms with Crippen molar-refractivity contribution in [2.45, 2.75) is 86.9 Å². The van der Waals surface area contributed by atoms with Gasteiger partial charge in [-0.15, -0.1) is 5.10 Å². The van der Waals surface area contributed by atoms with E-state index in [1.807, 2.05) is 46.1 Å². The number of fused-ring (bicyclic) bond motifs is 2. The van der Waals surface area contributed by atoms with E-state index in [2.05, 4.69) is 58.3 Å². The number of aryl methyl sites for hydroxylation is 3. The van der Waals surface area contributed by atoms with Crippen LogP contribution in [0.2, 0.25) is 0 Å². The van der Waals surface area contributed by atoms with Crippen LogP contribution in [0.5, 0.6) is 5.75 Å². The first-order valence-corrected chi connectivity index (χ1v) is 16.2. The van der Waals surface area contributed by atoms with E-state index in [9.17, 15) is 9.59 Å². The zero-order valence-electron chi connectivity index (χ0n) is 29.1. The average Bonchev–Trinajstić information content (AvgIpc) is 3.30. The highest BCUT2D eigenvalue weighted by Gasteiger charge is 2.42. The number of carbonyl (C=O) groups is 2. The summed E-state index contributed by atoms with van der Waals surface area (Å²) >= 11 is 0. The lowest BCUT2D eigenvalue weighted by atomic mass is 9.69. The molecule has 250 valence electrons. The van der Waals surface area contributed by atoms with Crippen LogP contribution in [0.15, 0.2) is 48.8 Å². The van der Waals surface area contributed by atoms with E-state index >= 15 is 0 Å². The number of ether oxygens (including phenoxy) is 3. The molecule has 0 fully saturated rings. The topological polar surface area (TPSA) is 109 Å². The molecule has 0 bridgehead atoms. The minimum absolute atomic E-state index is 0.0670. The van der Waals surface area contributed by atoms with E-state index in [4.69, 9.17) is 14.2 Å². The molecular formula is C37H47N5O5. The predicted octanol–water partition coefficient (Wildman–Crippen LogP) is 6.40. The van der Waals surface area contributed by atoms with Crippen molar-refractivity contribution in [3.05, 3.63) is 82.2 Å². The van der Waals surface area contributed by atoms with Crippen LogP contribution >= 0.6 is 0 Å². The van der Waals surface area contributed by atoms with Crippen LogP contribution in [0.25, 0.3) is 11.0 Å². The van der Waals surface area contributed by atoms with Gasteiger partial charge in [0.15, 0.2) is 0 Å². The molecule has 0 aliphatic carbocycles. The number of nitrogens with zero attached hydrogens (tertiary/aromatic N) is 5. The molecule has 0 N–H and O–H groups in total. The number of rotatable bonds is 9. The molecule has 4 aromatic rings. The van der Waals surface area contributed by atoms with Crippen molar-refractivity contribution in [1.82, 2.24) is 24.9 Å². The normalized spacial score (nSPS) is 16.2. The van der Waals surface area contributed by atoms with Gasteiger partial charge in [-0.2, -0.15) is 0 Å². The van der Waals surface area contributed by atoms with Gasteiger partial charge < -0.3 is 14.2 Å².